The quantitative estimate of drug-likeness (QED) is 0.670. The fourth-order valence-electron chi connectivity index (χ4n) is 2.82. The third-order valence-electron chi connectivity index (χ3n) is 3.98. The molecule has 0 aromatic carbocycles. The summed E-state index contributed by atoms with van der Waals surface area (Å²) in [6.07, 6.45) is 4.14. The summed E-state index contributed by atoms with van der Waals surface area (Å²) in [4.78, 5) is 14.6. The molecule has 0 aromatic heterocycles. The third kappa shape index (κ3) is 5.57. The van der Waals surface area contributed by atoms with Crippen LogP contribution in [0.1, 0.15) is 46.5 Å². The lowest BCUT2D eigenvalue weighted by atomic mass is 10.1. The molecule has 1 heterocycles. The van der Waals surface area contributed by atoms with Gasteiger partial charge in [0.2, 0.25) is 5.91 Å². The van der Waals surface area contributed by atoms with E-state index in [9.17, 15) is 4.79 Å². The van der Waals surface area contributed by atoms with E-state index in [-0.39, 0.29) is 24.2 Å². The van der Waals surface area contributed by atoms with E-state index in [1.165, 1.54) is 0 Å². The monoisotopic (exact) mass is 300 g/mol. The van der Waals surface area contributed by atoms with Crippen molar-refractivity contribution >= 4 is 5.91 Å². The molecule has 1 rings (SSSR count). The first kappa shape index (κ1) is 18.4. The summed E-state index contributed by atoms with van der Waals surface area (Å²) >= 11 is 0. The zero-order valence-corrected chi connectivity index (χ0v) is 14.2. The van der Waals surface area contributed by atoms with E-state index < -0.39 is 0 Å². The molecule has 1 amide bonds. The molecule has 21 heavy (non-hydrogen) atoms. The molecular formula is C16H32N2O3. The molecular weight excluding hydrogens is 268 g/mol. The Morgan fingerprint density at radius 3 is 2.57 bits per heavy atom. The molecule has 0 radical (unpaired) electrons. The van der Waals surface area contributed by atoms with Gasteiger partial charge in [0, 0.05) is 14.2 Å². The van der Waals surface area contributed by atoms with Gasteiger partial charge in [-0.05, 0) is 18.8 Å². The first-order valence-electron chi connectivity index (χ1n) is 8.11. The molecule has 5 nitrogen and oxygen atoms in total. The first-order chi connectivity index (χ1) is 10.0. The van der Waals surface area contributed by atoms with Gasteiger partial charge in [-0.2, -0.15) is 0 Å². The maximum Gasteiger partial charge on any atom is 0.241 e. The van der Waals surface area contributed by atoms with Crippen LogP contribution in [-0.2, 0) is 14.3 Å². The minimum atomic E-state index is -0.0691. The van der Waals surface area contributed by atoms with Crippen LogP contribution in [0.2, 0.25) is 0 Å². The van der Waals surface area contributed by atoms with Crippen molar-refractivity contribution < 1.29 is 14.3 Å². The first-order valence-corrected chi connectivity index (χ1v) is 8.11. The van der Waals surface area contributed by atoms with Crippen LogP contribution >= 0.6 is 0 Å². The fourth-order valence-corrected chi connectivity index (χ4v) is 2.82. The summed E-state index contributed by atoms with van der Waals surface area (Å²) in [5.41, 5.74) is 0. The highest BCUT2D eigenvalue weighted by molar-refractivity contribution is 5.84. The van der Waals surface area contributed by atoms with E-state index in [0.29, 0.717) is 19.1 Å². The second-order valence-corrected chi connectivity index (χ2v) is 6.31. The second-order valence-electron chi connectivity index (χ2n) is 6.31. The van der Waals surface area contributed by atoms with Crippen LogP contribution in [0.25, 0.3) is 0 Å². The van der Waals surface area contributed by atoms with Crippen molar-refractivity contribution in [3.05, 3.63) is 0 Å². The summed E-state index contributed by atoms with van der Waals surface area (Å²) in [7, 11) is 3.33. The lowest BCUT2D eigenvalue weighted by Crippen LogP contribution is -2.44. The van der Waals surface area contributed by atoms with Crippen LogP contribution in [0, 0.1) is 5.92 Å². The smallest absolute Gasteiger partial charge is 0.241 e. The van der Waals surface area contributed by atoms with Gasteiger partial charge in [-0.15, -0.1) is 0 Å². The van der Waals surface area contributed by atoms with Crippen LogP contribution in [-0.4, -0.2) is 56.5 Å². The van der Waals surface area contributed by atoms with Gasteiger partial charge < -0.3 is 14.4 Å². The summed E-state index contributed by atoms with van der Waals surface area (Å²) < 4.78 is 10.6. The van der Waals surface area contributed by atoms with Crippen molar-refractivity contribution in [3.8, 4) is 0 Å². The Balaban J connectivity index is 2.71. The maximum atomic E-state index is 12.6. The number of methoxy groups -OCH3 is 2. The Bertz CT molecular complexity index is 310. The number of hydrogen-bond donors (Lipinski definition) is 1. The van der Waals surface area contributed by atoms with Gasteiger partial charge in [0.25, 0.3) is 0 Å². The topological polar surface area (TPSA) is 50.8 Å². The number of amides is 1. The Morgan fingerprint density at radius 2 is 2.05 bits per heavy atom. The van der Waals surface area contributed by atoms with Crippen molar-refractivity contribution in [3.63, 3.8) is 0 Å². The predicted molar refractivity (Wildman–Crippen MR) is 84.1 cm³/mol. The SMILES string of the molecule is CCCCC1NC(CC(C)C)N(CC(COC)OC)C1=O. The van der Waals surface area contributed by atoms with Gasteiger partial charge in [-0.1, -0.05) is 33.6 Å². The van der Waals surface area contributed by atoms with Crippen LogP contribution < -0.4 is 5.32 Å². The zero-order valence-electron chi connectivity index (χ0n) is 14.2. The molecule has 1 fully saturated rings. The average Bonchev–Trinajstić information content (AvgIpc) is 2.72. The van der Waals surface area contributed by atoms with Crippen molar-refractivity contribution in [2.75, 3.05) is 27.4 Å². The van der Waals surface area contributed by atoms with E-state index in [1.54, 1.807) is 14.2 Å². The van der Waals surface area contributed by atoms with Crippen LogP contribution in [0.4, 0.5) is 0 Å². The summed E-state index contributed by atoms with van der Waals surface area (Å²) in [5.74, 6) is 0.762. The lowest BCUT2D eigenvalue weighted by Gasteiger charge is -2.28. The highest BCUT2D eigenvalue weighted by Gasteiger charge is 2.39. The van der Waals surface area contributed by atoms with Crippen LogP contribution in [0.5, 0.6) is 0 Å². The van der Waals surface area contributed by atoms with E-state index in [2.05, 4.69) is 26.1 Å². The average molecular weight is 300 g/mol. The molecule has 5 heteroatoms. The fraction of sp³-hybridized carbons (Fsp3) is 0.938. The van der Waals surface area contributed by atoms with Gasteiger partial charge >= 0.3 is 0 Å². The second kappa shape index (κ2) is 9.38. The molecule has 0 bridgehead atoms. The molecule has 1 aliphatic heterocycles. The van der Waals surface area contributed by atoms with Gasteiger partial charge in [0.15, 0.2) is 0 Å². The highest BCUT2D eigenvalue weighted by atomic mass is 16.5. The number of hydrogen-bond acceptors (Lipinski definition) is 4. The third-order valence-corrected chi connectivity index (χ3v) is 3.98. The molecule has 3 unspecified atom stereocenters. The van der Waals surface area contributed by atoms with E-state index in [1.807, 2.05) is 4.90 Å². The number of carbonyl (C=O) groups is 1. The number of ether oxygens (including phenoxy) is 2. The Hall–Kier alpha value is -0.650. The minimum absolute atomic E-state index is 0.0336. The normalized spacial score (nSPS) is 24.1. The van der Waals surface area contributed by atoms with Gasteiger partial charge in [0.05, 0.1) is 31.5 Å². The molecule has 0 aliphatic carbocycles. The van der Waals surface area contributed by atoms with Crippen molar-refractivity contribution in [1.82, 2.24) is 10.2 Å². The highest BCUT2D eigenvalue weighted by Crippen LogP contribution is 2.21. The minimum Gasteiger partial charge on any atom is -0.382 e. The number of carbonyl (C=O) groups excluding carboxylic acids is 1. The Labute approximate surface area is 129 Å². The number of rotatable bonds is 10. The van der Waals surface area contributed by atoms with E-state index in [4.69, 9.17) is 9.47 Å². The van der Waals surface area contributed by atoms with Gasteiger partial charge in [-0.3, -0.25) is 10.1 Å². The van der Waals surface area contributed by atoms with Crippen LogP contribution in [0.15, 0.2) is 0 Å². The summed E-state index contributed by atoms with van der Waals surface area (Å²) in [5, 5.41) is 3.51. The Kier molecular flexibility index (Phi) is 8.22. The van der Waals surface area contributed by atoms with Crippen molar-refractivity contribution in [1.29, 1.82) is 0 Å². The number of nitrogens with zero attached hydrogens (tertiary/aromatic N) is 1. The van der Waals surface area contributed by atoms with Gasteiger partial charge in [-0.25, -0.2) is 0 Å². The summed E-state index contributed by atoms with van der Waals surface area (Å²) in [6.45, 7) is 7.63. The van der Waals surface area contributed by atoms with Crippen molar-refractivity contribution in [2.24, 2.45) is 5.92 Å². The Morgan fingerprint density at radius 1 is 1.33 bits per heavy atom. The largest absolute Gasteiger partial charge is 0.382 e. The number of unbranched alkanes of at least 4 members (excludes halogenated alkanes) is 1. The molecule has 0 saturated carbocycles. The summed E-state index contributed by atoms with van der Waals surface area (Å²) in [6, 6.07) is -0.0336. The molecule has 1 N–H and O–H groups in total. The zero-order chi connectivity index (χ0) is 15.8. The lowest BCUT2D eigenvalue weighted by molar-refractivity contribution is -0.132. The molecule has 124 valence electrons. The molecule has 3 atom stereocenters. The van der Waals surface area contributed by atoms with Gasteiger partial charge in [0.1, 0.15) is 0 Å². The van der Waals surface area contributed by atoms with Crippen molar-refractivity contribution in [2.45, 2.75) is 64.8 Å². The predicted octanol–water partition coefficient (Wildman–Crippen LogP) is 2.01. The standard InChI is InChI=1S/C16H32N2O3/c1-6-7-8-14-16(19)18(10-13(21-5)11-20-4)15(17-14)9-12(2)3/h12-15,17H,6-11H2,1-5H3. The van der Waals surface area contributed by atoms with E-state index >= 15 is 0 Å². The molecule has 0 aromatic rings. The van der Waals surface area contributed by atoms with Crippen LogP contribution in [0.3, 0.4) is 0 Å². The number of nitrogens with one attached hydrogen (secondary N) is 1. The maximum absolute atomic E-state index is 12.6. The molecule has 0 spiro atoms. The van der Waals surface area contributed by atoms with E-state index in [0.717, 1.165) is 25.7 Å². The molecule has 1 saturated heterocycles. The molecule has 1 aliphatic rings.